The molecule has 138 valence electrons. The molecule has 6 heteroatoms. The van der Waals surface area contributed by atoms with Crippen molar-refractivity contribution in [3.05, 3.63) is 23.9 Å². The second-order valence-corrected chi connectivity index (χ2v) is 7.01. The lowest BCUT2D eigenvalue weighted by Crippen LogP contribution is -2.42. The fraction of sp³-hybridized carbons (Fsp3) is 0.684. The number of piperidine rings is 1. The van der Waals surface area contributed by atoms with Crippen molar-refractivity contribution in [2.24, 2.45) is 10.9 Å². The zero-order valence-corrected chi connectivity index (χ0v) is 15.3. The first-order valence-electron chi connectivity index (χ1n) is 9.58. The van der Waals surface area contributed by atoms with Crippen LogP contribution in [0.25, 0.3) is 0 Å². The number of nitrogens with one attached hydrogen (secondary N) is 2. The van der Waals surface area contributed by atoms with Crippen LogP contribution in [0.2, 0.25) is 0 Å². The molecule has 0 bridgehead atoms. The lowest BCUT2D eigenvalue weighted by atomic mass is 10.1. The van der Waals surface area contributed by atoms with Crippen molar-refractivity contribution in [1.82, 2.24) is 20.5 Å². The van der Waals surface area contributed by atoms with E-state index in [0.717, 1.165) is 43.0 Å². The van der Waals surface area contributed by atoms with Gasteiger partial charge in [0.2, 0.25) is 5.88 Å². The third kappa shape index (κ3) is 6.53. The van der Waals surface area contributed by atoms with Gasteiger partial charge in [0.15, 0.2) is 5.96 Å². The Labute approximate surface area is 151 Å². The van der Waals surface area contributed by atoms with Crippen LogP contribution in [0, 0.1) is 5.92 Å². The molecular formula is C19H31N5O. The monoisotopic (exact) mass is 345 g/mol. The molecule has 1 saturated carbocycles. The van der Waals surface area contributed by atoms with E-state index in [-0.39, 0.29) is 0 Å². The second-order valence-electron chi connectivity index (χ2n) is 7.01. The fourth-order valence-corrected chi connectivity index (χ4v) is 3.01. The first-order valence-corrected chi connectivity index (χ1v) is 9.58. The molecule has 3 rings (SSSR count). The highest BCUT2D eigenvalue weighted by molar-refractivity contribution is 5.79. The van der Waals surface area contributed by atoms with Gasteiger partial charge in [-0.15, -0.1) is 0 Å². The summed E-state index contributed by atoms with van der Waals surface area (Å²) in [5.41, 5.74) is 1.12. The Bertz CT molecular complexity index is 535. The van der Waals surface area contributed by atoms with Crippen molar-refractivity contribution in [1.29, 1.82) is 0 Å². The van der Waals surface area contributed by atoms with Crippen LogP contribution in [0.15, 0.2) is 23.3 Å². The van der Waals surface area contributed by atoms with Crippen LogP contribution in [0.4, 0.5) is 0 Å². The van der Waals surface area contributed by atoms with Gasteiger partial charge in [-0.2, -0.15) is 0 Å². The molecule has 0 spiro atoms. The summed E-state index contributed by atoms with van der Waals surface area (Å²) in [5.74, 6) is 2.31. The van der Waals surface area contributed by atoms with Crippen LogP contribution >= 0.6 is 0 Å². The predicted octanol–water partition coefficient (Wildman–Crippen LogP) is 2.02. The average Bonchev–Trinajstić information content (AvgIpc) is 3.49. The van der Waals surface area contributed by atoms with E-state index < -0.39 is 0 Å². The normalized spacial score (nSPS) is 18.8. The summed E-state index contributed by atoms with van der Waals surface area (Å²) in [6.45, 7) is 5.97. The first-order chi connectivity index (χ1) is 12.3. The van der Waals surface area contributed by atoms with Crippen molar-refractivity contribution < 1.29 is 4.74 Å². The molecule has 1 saturated heterocycles. The molecule has 2 N–H and O–H groups in total. The molecule has 0 atom stereocenters. The summed E-state index contributed by atoms with van der Waals surface area (Å²) in [5, 5.41) is 6.73. The van der Waals surface area contributed by atoms with Gasteiger partial charge in [-0.1, -0.05) is 12.5 Å². The van der Waals surface area contributed by atoms with Crippen molar-refractivity contribution in [3.8, 4) is 5.88 Å². The van der Waals surface area contributed by atoms with Crippen LogP contribution in [0.1, 0.15) is 37.7 Å². The van der Waals surface area contributed by atoms with E-state index in [1.165, 1.54) is 45.2 Å². The van der Waals surface area contributed by atoms with Gasteiger partial charge in [0, 0.05) is 38.9 Å². The van der Waals surface area contributed by atoms with Crippen LogP contribution in [0.5, 0.6) is 5.88 Å². The van der Waals surface area contributed by atoms with Crippen molar-refractivity contribution in [3.63, 3.8) is 0 Å². The van der Waals surface area contributed by atoms with Gasteiger partial charge in [-0.05, 0) is 50.3 Å². The van der Waals surface area contributed by atoms with Crippen LogP contribution in [0.3, 0.4) is 0 Å². The topological polar surface area (TPSA) is 61.8 Å². The number of rotatable bonds is 8. The molecule has 1 aliphatic heterocycles. The summed E-state index contributed by atoms with van der Waals surface area (Å²) in [6.07, 6.45) is 8.51. The van der Waals surface area contributed by atoms with Crippen LogP contribution < -0.4 is 15.4 Å². The molecule has 1 aromatic rings. The molecule has 25 heavy (non-hydrogen) atoms. The zero-order chi connectivity index (χ0) is 17.3. The standard InChI is InChI=1S/C19H31N5O/c1-20-19(21-9-12-24-10-3-2-4-11-24)23-14-17-7-8-18(22-13-17)25-15-16-5-6-16/h7-8,13,16H,2-6,9-12,14-15H2,1H3,(H2,20,21,23). The van der Waals surface area contributed by atoms with E-state index in [2.05, 4.69) is 31.6 Å². The maximum absolute atomic E-state index is 5.67. The van der Waals surface area contributed by atoms with E-state index in [0.29, 0.717) is 6.54 Å². The van der Waals surface area contributed by atoms with Crippen molar-refractivity contribution in [2.75, 3.05) is 39.8 Å². The lowest BCUT2D eigenvalue weighted by Gasteiger charge is -2.26. The SMILES string of the molecule is CN=C(NCCN1CCCCC1)NCc1ccc(OCC2CC2)nc1. The minimum atomic E-state index is 0.708. The molecule has 1 aromatic heterocycles. The van der Waals surface area contributed by atoms with Crippen LogP contribution in [-0.2, 0) is 6.54 Å². The van der Waals surface area contributed by atoms with E-state index in [4.69, 9.17) is 4.74 Å². The fourth-order valence-electron chi connectivity index (χ4n) is 3.01. The van der Waals surface area contributed by atoms with Crippen LogP contribution in [-0.4, -0.2) is 55.7 Å². The molecule has 2 aliphatic rings. The number of ether oxygens (including phenoxy) is 1. The Balaban J connectivity index is 1.33. The third-order valence-electron chi connectivity index (χ3n) is 4.81. The second kappa shape index (κ2) is 9.61. The highest BCUT2D eigenvalue weighted by atomic mass is 16.5. The van der Waals surface area contributed by atoms with E-state index in [1.807, 2.05) is 19.3 Å². The Morgan fingerprint density at radius 3 is 2.76 bits per heavy atom. The number of hydrogen-bond acceptors (Lipinski definition) is 4. The molecule has 6 nitrogen and oxygen atoms in total. The van der Waals surface area contributed by atoms with E-state index in [9.17, 15) is 0 Å². The average molecular weight is 345 g/mol. The Hall–Kier alpha value is -1.82. The number of nitrogens with zero attached hydrogens (tertiary/aromatic N) is 3. The molecule has 0 radical (unpaired) electrons. The van der Waals surface area contributed by atoms with Gasteiger partial charge in [0.1, 0.15) is 0 Å². The summed E-state index contributed by atoms with van der Waals surface area (Å²) in [6, 6.07) is 4.01. The summed E-state index contributed by atoms with van der Waals surface area (Å²) < 4.78 is 5.67. The zero-order valence-electron chi connectivity index (χ0n) is 15.3. The number of guanidine groups is 1. The number of aliphatic imine (C=N–C) groups is 1. The van der Waals surface area contributed by atoms with Gasteiger partial charge in [0.05, 0.1) is 6.61 Å². The highest BCUT2D eigenvalue weighted by Gasteiger charge is 2.22. The Morgan fingerprint density at radius 2 is 2.08 bits per heavy atom. The van der Waals surface area contributed by atoms with E-state index >= 15 is 0 Å². The Kier molecular flexibility index (Phi) is 6.91. The number of hydrogen-bond donors (Lipinski definition) is 2. The molecule has 0 aromatic carbocycles. The molecule has 1 aliphatic carbocycles. The van der Waals surface area contributed by atoms with Gasteiger partial charge in [0.25, 0.3) is 0 Å². The van der Waals surface area contributed by atoms with E-state index in [1.54, 1.807) is 0 Å². The van der Waals surface area contributed by atoms with Gasteiger partial charge in [-0.3, -0.25) is 4.99 Å². The smallest absolute Gasteiger partial charge is 0.213 e. The van der Waals surface area contributed by atoms with Gasteiger partial charge in [-0.25, -0.2) is 4.98 Å². The van der Waals surface area contributed by atoms with Gasteiger partial charge < -0.3 is 20.3 Å². The number of likely N-dealkylation sites (tertiary alicyclic amines) is 1. The largest absolute Gasteiger partial charge is 0.477 e. The summed E-state index contributed by atoms with van der Waals surface area (Å²) >= 11 is 0. The molecule has 2 heterocycles. The third-order valence-corrected chi connectivity index (χ3v) is 4.81. The minimum absolute atomic E-state index is 0.708. The minimum Gasteiger partial charge on any atom is -0.477 e. The van der Waals surface area contributed by atoms with Gasteiger partial charge >= 0.3 is 0 Å². The Morgan fingerprint density at radius 1 is 1.24 bits per heavy atom. The number of aromatic nitrogens is 1. The summed E-state index contributed by atoms with van der Waals surface area (Å²) in [4.78, 5) is 11.2. The molecule has 2 fully saturated rings. The lowest BCUT2D eigenvalue weighted by molar-refractivity contribution is 0.232. The van der Waals surface area contributed by atoms with Crippen molar-refractivity contribution >= 4 is 5.96 Å². The van der Waals surface area contributed by atoms with Crippen molar-refractivity contribution in [2.45, 2.75) is 38.6 Å². The summed E-state index contributed by atoms with van der Waals surface area (Å²) in [7, 11) is 1.81. The maximum Gasteiger partial charge on any atom is 0.213 e. The molecule has 0 amide bonds. The number of pyridine rings is 1. The maximum atomic E-state index is 5.67. The predicted molar refractivity (Wildman–Crippen MR) is 101 cm³/mol. The first kappa shape index (κ1) is 18.0. The molecule has 0 unspecified atom stereocenters. The quantitative estimate of drug-likeness (QED) is 0.558. The molecular weight excluding hydrogens is 314 g/mol. The highest BCUT2D eigenvalue weighted by Crippen LogP contribution is 2.29.